The Labute approximate surface area is 159 Å². The number of fused-ring (bicyclic) bond motifs is 1. The van der Waals surface area contributed by atoms with E-state index >= 15 is 0 Å². The molecular weight excluding hydrogens is 336 g/mol. The molecule has 0 aliphatic heterocycles. The molecule has 1 N–H and O–H groups in total. The lowest BCUT2D eigenvalue weighted by Gasteiger charge is -2.11. The van der Waals surface area contributed by atoms with Gasteiger partial charge >= 0.3 is 0 Å². The van der Waals surface area contributed by atoms with Crippen LogP contribution in [0.5, 0.6) is 11.5 Å². The minimum atomic E-state index is 0.0540. The minimum absolute atomic E-state index is 0.0540. The molecule has 3 nitrogen and oxygen atoms in total. The summed E-state index contributed by atoms with van der Waals surface area (Å²) in [6.07, 6.45) is 0.857. The van der Waals surface area contributed by atoms with E-state index in [9.17, 15) is 5.11 Å². The van der Waals surface area contributed by atoms with E-state index in [1.165, 1.54) is 27.8 Å². The van der Waals surface area contributed by atoms with Gasteiger partial charge in [-0.25, -0.2) is 0 Å². The Balaban J connectivity index is 1.86. The van der Waals surface area contributed by atoms with Crippen LogP contribution in [0.4, 0.5) is 0 Å². The highest BCUT2D eigenvalue weighted by Gasteiger charge is 2.24. The van der Waals surface area contributed by atoms with Gasteiger partial charge in [0.2, 0.25) is 0 Å². The summed E-state index contributed by atoms with van der Waals surface area (Å²) < 4.78 is 10.7. The van der Waals surface area contributed by atoms with Crippen LogP contribution in [0.25, 0.3) is 11.1 Å². The average Bonchev–Trinajstić information content (AvgIpc) is 3.12. The van der Waals surface area contributed by atoms with Crippen molar-refractivity contribution in [3.63, 3.8) is 0 Å². The van der Waals surface area contributed by atoms with E-state index in [4.69, 9.17) is 9.47 Å². The van der Waals surface area contributed by atoms with Crippen molar-refractivity contribution in [2.75, 3.05) is 14.2 Å². The number of allylic oxidation sites excluding steroid dienone is 1. The van der Waals surface area contributed by atoms with Gasteiger partial charge in [0.1, 0.15) is 11.5 Å². The molecule has 0 aromatic heterocycles. The molecule has 0 bridgehead atoms. The van der Waals surface area contributed by atoms with Crippen LogP contribution in [0.1, 0.15) is 27.8 Å². The summed E-state index contributed by atoms with van der Waals surface area (Å²) in [5, 5.41) is 9.35. The zero-order valence-electron chi connectivity index (χ0n) is 15.5. The predicted octanol–water partition coefficient (Wildman–Crippen LogP) is 4.71. The fourth-order valence-electron chi connectivity index (χ4n) is 3.67. The SMILES string of the molecule is COc1ccc(C2=C(c3ccc(CO)cc3)c3ccc(OC)cc3C2)cc1. The third kappa shape index (κ3) is 3.22. The van der Waals surface area contributed by atoms with Crippen molar-refractivity contribution in [1.82, 2.24) is 0 Å². The molecule has 3 heteroatoms. The number of aliphatic hydroxyl groups is 1. The summed E-state index contributed by atoms with van der Waals surface area (Å²) in [6, 6.07) is 22.6. The average molecular weight is 358 g/mol. The van der Waals surface area contributed by atoms with Gasteiger partial charge in [0.25, 0.3) is 0 Å². The van der Waals surface area contributed by atoms with Crippen LogP contribution in [-0.4, -0.2) is 19.3 Å². The van der Waals surface area contributed by atoms with Gasteiger partial charge in [-0.15, -0.1) is 0 Å². The summed E-state index contributed by atoms with van der Waals surface area (Å²) >= 11 is 0. The highest BCUT2D eigenvalue weighted by atomic mass is 16.5. The molecule has 0 amide bonds. The van der Waals surface area contributed by atoms with Gasteiger partial charge in [0.05, 0.1) is 20.8 Å². The topological polar surface area (TPSA) is 38.7 Å². The third-order valence-corrected chi connectivity index (χ3v) is 5.11. The standard InChI is InChI=1S/C24H22O3/c1-26-20-9-7-17(8-10-20)23-14-19-13-21(27-2)11-12-22(19)24(23)18-5-3-16(15-25)4-6-18/h3-13,25H,14-15H2,1-2H3. The van der Waals surface area contributed by atoms with Gasteiger partial charge in [0, 0.05) is 0 Å². The molecule has 0 saturated heterocycles. The monoisotopic (exact) mass is 358 g/mol. The van der Waals surface area contributed by atoms with E-state index in [0.717, 1.165) is 29.0 Å². The maximum absolute atomic E-state index is 9.35. The Morgan fingerprint density at radius 2 is 1.41 bits per heavy atom. The van der Waals surface area contributed by atoms with Crippen molar-refractivity contribution in [3.05, 3.63) is 94.5 Å². The van der Waals surface area contributed by atoms with Gasteiger partial charge in [-0.1, -0.05) is 42.5 Å². The lowest BCUT2D eigenvalue weighted by atomic mass is 9.94. The molecule has 0 heterocycles. The highest BCUT2D eigenvalue weighted by molar-refractivity contribution is 6.03. The van der Waals surface area contributed by atoms with E-state index in [1.54, 1.807) is 14.2 Å². The number of aliphatic hydroxyl groups excluding tert-OH is 1. The van der Waals surface area contributed by atoms with E-state index in [0.29, 0.717) is 0 Å². The quantitative estimate of drug-likeness (QED) is 0.718. The largest absolute Gasteiger partial charge is 0.497 e. The molecule has 0 fully saturated rings. The molecule has 0 atom stereocenters. The highest BCUT2D eigenvalue weighted by Crippen LogP contribution is 2.43. The molecule has 4 rings (SSSR count). The van der Waals surface area contributed by atoms with Crippen LogP contribution < -0.4 is 9.47 Å². The fourth-order valence-corrected chi connectivity index (χ4v) is 3.67. The van der Waals surface area contributed by atoms with Crippen LogP contribution >= 0.6 is 0 Å². The zero-order chi connectivity index (χ0) is 18.8. The molecule has 0 radical (unpaired) electrons. The second-order valence-corrected chi connectivity index (χ2v) is 6.64. The number of hydrogen-bond acceptors (Lipinski definition) is 3. The van der Waals surface area contributed by atoms with E-state index in [1.807, 2.05) is 30.3 Å². The lowest BCUT2D eigenvalue weighted by Crippen LogP contribution is -1.91. The first-order valence-corrected chi connectivity index (χ1v) is 8.98. The van der Waals surface area contributed by atoms with Gasteiger partial charge < -0.3 is 14.6 Å². The van der Waals surface area contributed by atoms with Crippen molar-refractivity contribution in [3.8, 4) is 11.5 Å². The number of benzene rings is 3. The number of rotatable bonds is 5. The Morgan fingerprint density at radius 3 is 2.04 bits per heavy atom. The van der Waals surface area contributed by atoms with Crippen LogP contribution in [0.15, 0.2) is 66.7 Å². The van der Waals surface area contributed by atoms with Crippen LogP contribution in [0, 0.1) is 0 Å². The summed E-state index contributed by atoms with van der Waals surface area (Å²) in [5.41, 5.74) is 8.28. The van der Waals surface area contributed by atoms with E-state index < -0.39 is 0 Å². The first kappa shape index (κ1) is 17.4. The molecule has 1 aliphatic carbocycles. The van der Waals surface area contributed by atoms with Crippen molar-refractivity contribution >= 4 is 11.1 Å². The Bertz CT molecular complexity index is 983. The normalized spacial score (nSPS) is 12.9. The smallest absolute Gasteiger partial charge is 0.119 e. The van der Waals surface area contributed by atoms with Gasteiger partial charge in [0.15, 0.2) is 0 Å². The molecule has 0 spiro atoms. The maximum Gasteiger partial charge on any atom is 0.119 e. The summed E-state index contributed by atoms with van der Waals surface area (Å²) in [7, 11) is 3.38. The second kappa shape index (κ2) is 7.29. The van der Waals surface area contributed by atoms with Gasteiger partial charge in [-0.3, -0.25) is 0 Å². The fraction of sp³-hybridized carbons (Fsp3) is 0.167. The second-order valence-electron chi connectivity index (χ2n) is 6.64. The molecule has 1 aliphatic rings. The van der Waals surface area contributed by atoms with Gasteiger partial charge in [-0.05, 0) is 69.6 Å². The van der Waals surface area contributed by atoms with Gasteiger partial charge in [-0.2, -0.15) is 0 Å². The summed E-state index contributed by atoms with van der Waals surface area (Å²) in [6.45, 7) is 0.0540. The Hall–Kier alpha value is -3.04. The van der Waals surface area contributed by atoms with Crippen molar-refractivity contribution < 1.29 is 14.6 Å². The number of hydrogen-bond donors (Lipinski definition) is 1. The summed E-state index contributed by atoms with van der Waals surface area (Å²) in [4.78, 5) is 0. The Kier molecular flexibility index (Phi) is 4.69. The molecular formula is C24H22O3. The molecule has 3 aromatic rings. The molecule has 0 unspecified atom stereocenters. The van der Waals surface area contributed by atoms with Crippen LogP contribution in [0.3, 0.4) is 0 Å². The lowest BCUT2D eigenvalue weighted by molar-refractivity contribution is 0.282. The Morgan fingerprint density at radius 1 is 0.778 bits per heavy atom. The molecule has 27 heavy (non-hydrogen) atoms. The van der Waals surface area contributed by atoms with Crippen LogP contribution in [-0.2, 0) is 13.0 Å². The maximum atomic E-state index is 9.35. The van der Waals surface area contributed by atoms with Crippen molar-refractivity contribution in [1.29, 1.82) is 0 Å². The zero-order valence-corrected chi connectivity index (χ0v) is 15.5. The molecule has 0 saturated carbocycles. The minimum Gasteiger partial charge on any atom is -0.497 e. The van der Waals surface area contributed by atoms with E-state index in [2.05, 4.69) is 36.4 Å². The first-order chi connectivity index (χ1) is 13.2. The van der Waals surface area contributed by atoms with Crippen LogP contribution in [0.2, 0.25) is 0 Å². The third-order valence-electron chi connectivity index (χ3n) is 5.11. The molecule has 136 valence electrons. The molecule has 3 aromatic carbocycles. The number of ether oxygens (including phenoxy) is 2. The first-order valence-electron chi connectivity index (χ1n) is 8.98. The predicted molar refractivity (Wildman–Crippen MR) is 108 cm³/mol. The van der Waals surface area contributed by atoms with E-state index in [-0.39, 0.29) is 6.61 Å². The number of methoxy groups -OCH3 is 2. The van der Waals surface area contributed by atoms with Crippen molar-refractivity contribution in [2.24, 2.45) is 0 Å². The van der Waals surface area contributed by atoms with Crippen molar-refractivity contribution in [2.45, 2.75) is 13.0 Å². The summed E-state index contributed by atoms with van der Waals surface area (Å²) in [5.74, 6) is 1.73.